The van der Waals surface area contributed by atoms with Crippen molar-refractivity contribution in [2.75, 3.05) is 34.8 Å². The van der Waals surface area contributed by atoms with Crippen LogP contribution in [0.3, 0.4) is 0 Å². The van der Waals surface area contributed by atoms with Crippen LogP contribution in [0.5, 0.6) is 0 Å². The molecule has 2 aromatic rings. The summed E-state index contributed by atoms with van der Waals surface area (Å²) < 4.78 is 0. The minimum atomic E-state index is 0. The number of nitrogens with zero attached hydrogens (tertiary/aromatic N) is 2. The van der Waals surface area contributed by atoms with Crippen LogP contribution in [0.15, 0.2) is 53.5 Å². The van der Waals surface area contributed by atoms with Crippen molar-refractivity contribution >= 4 is 53.1 Å². The van der Waals surface area contributed by atoms with Crippen LogP contribution in [0.1, 0.15) is 18.1 Å². The SMILES string of the molecule is CCc1ccc(NC(N)=NCc2ccc(N3CCSCC3)cc2)cc1.I. The summed E-state index contributed by atoms with van der Waals surface area (Å²) in [5.74, 6) is 2.88. The van der Waals surface area contributed by atoms with E-state index in [1.165, 1.54) is 28.3 Å². The molecule has 4 nitrogen and oxygen atoms in total. The van der Waals surface area contributed by atoms with E-state index in [9.17, 15) is 0 Å². The number of nitrogens with one attached hydrogen (secondary N) is 1. The lowest BCUT2D eigenvalue weighted by Crippen LogP contribution is -2.32. The first-order valence-corrected chi connectivity index (χ1v) is 9.97. The number of hydrogen-bond donors (Lipinski definition) is 2. The number of benzene rings is 2. The average Bonchev–Trinajstić information content (AvgIpc) is 2.68. The molecule has 1 heterocycles. The molecule has 0 aliphatic carbocycles. The van der Waals surface area contributed by atoms with Crippen LogP contribution in [-0.2, 0) is 13.0 Å². The number of hydrogen-bond acceptors (Lipinski definition) is 3. The van der Waals surface area contributed by atoms with Crippen molar-refractivity contribution in [1.82, 2.24) is 0 Å². The standard InChI is InChI=1S/C20H26N4S.HI/c1-2-16-3-7-18(8-4-16)23-20(21)22-15-17-5-9-19(10-6-17)24-11-13-25-14-12-24;/h3-10H,2,11-15H2,1H3,(H3,21,22,23);1H. The lowest BCUT2D eigenvalue weighted by atomic mass is 10.1. The molecule has 6 heteroatoms. The number of rotatable bonds is 5. The summed E-state index contributed by atoms with van der Waals surface area (Å²) in [6.07, 6.45) is 1.04. The highest BCUT2D eigenvalue weighted by Crippen LogP contribution is 2.20. The van der Waals surface area contributed by atoms with Gasteiger partial charge in [0.15, 0.2) is 5.96 Å². The molecule has 0 bridgehead atoms. The predicted octanol–water partition coefficient (Wildman–Crippen LogP) is 4.35. The van der Waals surface area contributed by atoms with E-state index in [2.05, 4.69) is 58.5 Å². The van der Waals surface area contributed by atoms with E-state index in [1.54, 1.807) is 0 Å². The van der Waals surface area contributed by atoms with Gasteiger partial charge in [-0.25, -0.2) is 4.99 Å². The second-order valence-corrected chi connectivity index (χ2v) is 7.37. The molecule has 1 aliphatic rings. The van der Waals surface area contributed by atoms with Gasteiger partial charge in [-0.15, -0.1) is 24.0 Å². The number of halogens is 1. The molecule has 26 heavy (non-hydrogen) atoms. The fraction of sp³-hybridized carbons (Fsp3) is 0.350. The number of aliphatic imine (C=N–C) groups is 1. The Hall–Kier alpha value is -1.41. The smallest absolute Gasteiger partial charge is 0.193 e. The van der Waals surface area contributed by atoms with Crippen LogP contribution in [0.25, 0.3) is 0 Å². The molecule has 140 valence electrons. The molecular formula is C20H27IN4S. The summed E-state index contributed by atoms with van der Waals surface area (Å²) in [6.45, 7) is 5.00. The van der Waals surface area contributed by atoms with Gasteiger partial charge in [-0.05, 0) is 41.8 Å². The Morgan fingerprint density at radius 3 is 2.27 bits per heavy atom. The third-order valence-electron chi connectivity index (χ3n) is 4.38. The van der Waals surface area contributed by atoms with Gasteiger partial charge in [-0.2, -0.15) is 11.8 Å². The molecule has 1 saturated heterocycles. The second-order valence-electron chi connectivity index (χ2n) is 6.14. The van der Waals surface area contributed by atoms with Crippen molar-refractivity contribution in [3.05, 3.63) is 59.7 Å². The predicted molar refractivity (Wildman–Crippen MR) is 126 cm³/mol. The fourth-order valence-corrected chi connectivity index (χ4v) is 3.72. The van der Waals surface area contributed by atoms with E-state index in [0.717, 1.165) is 25.2 Å². The number of aryl methyl sites for hydroxylation is 1. The van der Waals surface area contributed by atoms with Crippen molar-refractivity contribution in [3.63, 3.8) is 0 Å². The Morgan fingerprint density at radius 2 is 1.65 bits per heavy atom. The van der Waals surface area contributed by atoms with Crippen molar-refractivity contribution in [2.24, 2.45) is 10.7 Å². The van der Waals surface area contributed by atoms with Crippen molar-refractivity contribution in [1.29, 1.82) is 0 Å². The first-order valence-electron chi connectivity index (χ1n) is 8.82. The first kappa shape index (κ1) is 20.9. The molecule has 3 N–H and O–H groups in total. The molecule has 2 aromatic carbocycles. The Morgan fingerprint density at radius 1 is 1.04 bits per heavy atom. The lowest BCUT2D eigenvalue weighted by molar-refractivity contribution is 0.858. The molecule has 0 spiro atoms. The molecule has 0 radical (unpaired) electrons. The molecule has 0 unspecified atom stereocenters. The van der Waals surface area contributed by atoms with Crippen LogP contribution in [0.4, 0.5) is 11.4 Å². The van der Waals surface area contributed by atoms with Gasteiger partial charge in [0.2, 0.25) is 0 Å². The molecule has 3 rings (SSSR count). The maximum absolute atomic E-state index is 6.00. The molecule has 0 saturated carbocycles. The quantitative estimate of drug-likeness (QED) is 0.378. The normalized spacial score (nSPS) is 14.7. The van der Waals surface area contributed by atoms with Gasteiger partial charge in [0, 0.05) is 36.0 Å². The zero-order valence-corrected chi connectivity index (χ0v) is 18.3. The van der Waals surface area contributed by atoms with Gasteiger partial charge in [-0.1, -0.05) is 31.2 Å². The van der Waals surface area contributed by atoms with Gasteiger partial charge in [0.25, 0.3) is 0 Å². The molecule has 1 aliphatic heterocycles. The van der Waals surface area contributed by atoms with Gasteiger partial charge in [0.1, 0.15) is 0 Å². The van der Waals surface area contributed by atoms with Gasteiger partial charge in [-0.3, -0.25) is 0 Å². The van der Waals surface area contributed by atoms with Crippen molar-refractivity contribution in [2.45, 2.75) is 19.9 Å². The highest BCUT2D eigenvalue weighted by molar-refractivity contribution is 14.0. The highest BCUT2D eigenvalue weighted by atomic mass is 127. The molecule has 0 atom stereocenters. The summed E-state index contributed by atoms with van der Waals surface area (Å²) >= 11 is 2.03. The van der Waals surface area contributed by atoms with E-state index in [0.29, 0.717) is 12.5 Å². The Bertz CT molecular complexity index is 695. The first-order chi connectivity index (χ1) is 12.2. The van der Waals surface area contributed by atoms with Crippen molar-refractivity contribution in [3.8, 4) is 0 Å². The maximum atomic E-state index is 6.00. The van der Waals surface area contributed by atoms with E-state index in [4.69, 9.17) is 5.73 Å². The van der Waals surface area contributed by atoms with Crippen LogP contribution < -0.4 is 16.0 Å². The fourth-order valence-electron chi connectivity index (χ4n) is 2.82. The number of nitrogens with two attached hydrogens (primary N) is 1. The van der Waals surface area contributed by atoms with Crippen LogP contribution >= 0.6 is 35.7 Å². The summed E-state index contributed by atoms with van der Waals surface area (Å²) in [5, 5.41) is 3.14. The largest absolute Gasteiger partial charge is 0.370 e. The topological polar surface area (TPSA) is 53.6 Å². The zero-order valence-electron chi connectivity index (χ0n) is 15.1. The Labute approximate surface area is 177 Å². The Kier molecular flexibility index (Phi) is 8.58. The summed E-state index contributed by atoms with van der Waals surface area (Å²) in [4.78, 5) is 6.88. The van der Waals surface area contributed by atoms with Gasteiger partial charge >= 0.3 is 0 Å². The van der Waals surface area contributed by atoms with Gasteiger partial charge in [0.05, 0.1) is 6.54 Å². The number of guanidine groups is 1. The third kappa shape index (κ3) is 6.09. The molecule has 0 aromatic heterocycles. The average molecular weight is 482 g/mol. The van der Waals surface area contributed by atoms with E-state index < -0.39 is 0 Å². The van der Waals surface area contributed by atoms with Gasteiger partial charge < -0.3 is 16.0 Å². The molecule has 1 fully saturated rings. The molecule has 0 amide bonds. The van der Waals surface area contributed by atoms with E-state index >= 15 is 0 Å². The number of anilines is 2. The monoisotopic (exact) mass is 482 g/mol. The lowest BCUT2D eigenvalue weighted by Gasteiger charge is -2.28. The second kappa shape index (κ2) is 10.7. The third-order valence-corrected chi connectivity index (χ3v) is 5.32. The highest BCUT2D eigenvalue weighted by Gasteiger charge is 2.10. The zero-order chi connectivity index (χ0) is 17.5. The van der Waals surface area contributed by atoms with Crippen molar-refractivity contribution < 1.29 is 0 Å². The van der Waals surface area contributed by atoms with Crippen LogP contribution in [-0.4, -0.2) is 30.6 Å². The van der Waals surface area contributed by atoms with Crippen LogP contribution in [0.2, 0.25) is 0 Å². The van der Waals surface area contributed by atoms with E-state index in [1.807, 2.05) is 23.9 Å². The molecular weight excluding hydrogens is 455 g/mol. The maximum Gasteiger partial charge on any atom is 0.193 e. The minimum absolute atomic E-state index is 0. The summed E-state index contributed by atoms with van der Waals surface area (Å²) in [6, 6.07) is 16.9. The van der Waals surface area contributed by atoms with E-state index in [-0.39, 0.29) is 24.0 Å². The number of thioether (sulfide) groups is 1. The summed E-state index contributed by atoms with van der Waals surface area (Å²) in [7, 11) is 0. The minimum Gasteiger partial charge on any atom is -0.370 e. The van der Waals surface area contributed by atoms with Crippen LogP contribution in [0, 0.1) is 0 Å². The Balaban J connectivity index is 0.00000243. The summed E-state index contributed by atoms with van der Waals surface area (Å²) in [5.41, 5.74) is 10.8.